The number of methoxy groups -OCH3 is 1. The minimum Gasteiger partial charge on any atom is -0.465 e. The molecule has 0 aliphatic carbocycles. The molecule has 0 atom stereocenters. The van der Waals surface area contributed by atoms with E-state index in [4.69, 9.17) is 10.00 Å². The largest absolute Gasteiger partial charge is 0.465 e. The van der Waals surface area contributed by atoms with E-state index < -0.39 is 0 Å². The lowest BCUT2D eigenvalue weighted by Gasteiger charge is -2.13. The number of amides is 1. The van der Waals surface area contributed by atoms with Crippen LogP contribution >= 0.6 is 0 Å². The Balaban J connectivity index is 1.76. The van der Waals surface area contributed by atoms with E-state index in [0.29, 0.717) is 23.6 Å². The van der Waals surface area contributed by atoms with E-state index in [1.807, 2.05) is 49.4 Å². The fourth-order valence-electron chi connectivity index (χ4n) is 3.22. The first-order chi connectivity index (χ1) is 15.0. The third-order valence-corrected chi connectivity index (χ3v) is 4.70. The molecule has 0 saturated heterocycles. The second-order valence-electron chi connectivity index (χ2n) is 6.82. The average Bonchev–Trinajstić information content (AvgIpc) is 2.78. The highest BCUT2D eigenvalue weighted by atomic mass is 16.5. The maximum Gasteiger partial charge on any atom is 0.338 e. The highest BCUT2D eigenvalue weighted by molar-refractivity contribution is 5.98. The molecule has 1 aromatic heterocycles. The first-order valence-electron chi connectivity index (χ1n) is 9.66. The topological polar surface area (TPSA) is 104 Å². The van der Waals surface area contributed by atoms with Gasteiger partial charge in [0.25, 0.3) is 0 Å². The summed E-state index contributed by atoms with van der Waals surface area (Å²) in [4.78, 5) is 28.1. The monoisotopic (exact) mass is 414 g/mol. The summed E-state index contributed by atoms with van der Waals surface area (Å²) in [6.07, 6.45) is 1.40. The predicted molar refractivity (Wildman–Crippen MR) is 118 cm³/mol. The van der Waals surface area contributed by atoms with Crippen molar-refractivity contribution < 1.29 is 14.3 Å². The van der Waals surface area contributed by atoms with Gasteiger partial charge in [0.2, 0.25) is 5.91 Å². The fourth-order valence-corrected chi connectivity index (χ4v) is 3.22. The highest BCUT2D eigenvalue weighted by Gasteiger charge is 2.15. The minimum atomic E-state index is -0.387. The van der Waals surface area contributed by atoms with Gasteiger partial charge in [-0.25, -0.2) is 9.78 Å². The van der Waals surface area contributed by atoms with Crippen LogP contribution in [-0.2, 0) is 16.1 Å². The lowest BCUT2D eigenvalue weighted by molar-refractivity contribution is -0.115. The number of aryl methyl sites for hydroxylation is 1. The van der Waals surface area contributed by atoms with E-state index in [0.717, 1.165) is 22.3 Å². The molecular formula is C24H22N4O3. The summed E-state index contributed by atoms with van der Waals surface area (Å²) in [5.74, 6) is -0.238. The maximum absolute atomic E-state index is 12.1. The van der Waals surface area contributed by atoms with Crippen molar-refractivity contribution in [2.45, 2.75) is 19.9 Å². The average molecular weight is 414 g/mol. The van der Waals surface area contributed by atoms with Crippen LogP contribution in [0.1, 0.15) is 27.9 Å². The van der Waals surface area contributed by atoms with Gasteiger partial charge >= 0.3 is 5.97 Å². The van der Waals surface area contributed by atoms with E-state index in [1.54, 1.807) is 24.4 Å². The molecule has 3 aromatic rings. The molecule has 0 aliphatic rings. The van der Waals surface area contributed by atoms with Crippen molar-refractivity contribution >= 4 is 23.4 Å². The van der Waals surface area contributed by atoms with Crippen LogP contribution in [0.3, 0.4) is 0 Å². The van der Waals surface area contributed by atoms with E-state index in [1.165, 1.54) is 7.11 Å². The van der Waals surface area contributed by atoms with Gasteiger partial charge in [-0.2, -0.15) is 5.26 Å². The Morgan fingerprint density at radius 3 is 2.58 bits per heavy atom. The van der Waals surface area contributed by atoms with Gasteiger partial charge in [0.05, 0.1) is 24.4 Å². The van der Waals surface area contributed by atoms with E-state index in [-0.39, 0.29) is 18.3 Å². The first kappa shape index (κ1) is 21.5. The molecule has 2 aromatic carbocycles. The molecular weight excluding hydrogens is 392 g/mol. The normalized spacial score (nSPS) is 10.1. The van der Waals surface area contributed by atoms with Crippen molar-refractivity contribution in [2.24, 2.45) is 0 Å². The van der Waals surface area contributed by atoms with Crippen LogP contribution in [0.4, 0.5) is 11.5 Å². The second kappa shape index (κ2) is 10.0. The number of nitrogens with zero attached hydrogens (tertiary/aromatic N) is 2. The van der Waals surface area contributed by atoms with E-state index >= 15 is 0 Å². The number of rotatable bonds is 7. The van der Waals surface area contributed by atoms with Crippen LogP contribution in [0.2, 0.25) is 0 Å². The molecule has 0 bridgehead atoms. The molecule has 0 saturated carbocycles. The van der Waals surface area contributed by atoms with Crippen LogP contribution in [-0.4, -0.2) is 24.0 Å². The molecule has 1 heterocycles. The number of hydrogen-bond donors (Lipinski definition) is 2. The summed E-state index contributed by atoms with van der Waals surface area (Å²) in [6, 6.07) is 18.7. The molecule has 0 aliphatic heterocycles. The smallest absolute Gasteiger partial charge is 0.338 e. The molecule has 1 amide bonds. The molecule has 0 radical (unpaired) electrons. The van der Waals surface area contributed by atoms with Crippen molar-refractivity contribution in [1.29, 1.82) is 5.26 Å². The number of hydrogen-bond acceptors (Lipinski definition) is 6. The number of benzene rings is 2. The van der Waals surface area contributed by atoms with Crippen molar-refractivity contribution in [2.75, 3.05) is 17.7 Å². The Kier molecular flexibility index (Phi) is 6.97. The SMILES string of the molecule is COC(=O)c1cccc(C)c1-c1ccc(CNc2ncccc2NC(=O)CC#N)cc1. The Bertz CT molecular complexity index is 1130. The highest BCUT2D eigenvalue weighted by Crippen LogP contribution is 2.28. The van der Waals surface area contributed by atoms with Gasteiger partial charge in [-0.3, -0.25) is 4.79 Å². The zero-order chi connectivity index (χ0) is 22.2. The van der Waals surface area contributed by atoms with Gasteiger partial charge in [-0.1, -0.05) is 36.4 Å². The number of ether oxygens (including phenoxy) is 1. The Morgan fingerprint density at radius 1 is 1.10 bits per heavy atom. The number of nitriles is 1. The zero-order valence-electron chi connectivity index (χ0n) is 17.3. The van der Waals surface area contributed by atoms with Gasteiger partial charge < -0.3 is 15.4 Å². The number of carbonyl (C=O) groups excluding carboxylic acids is 2. The molecule has 2 N–H and O–H groups in total. The molecule has 0 unspecified atom stereocenters. The Hall–Kier alpha value is -4.18. The quantitative estimate of drug-likeness (QED) is 0.559. The van der Waals surface area contributed by atoms with Crippen LogP contribution in [0.15, 0.2) is 60.8 Å². The van der Waals surface area contributed by atoms with Gasteiger partial charge in [0.1, 0.15) is 12.2 Å². The molecule has 3 rings (SSSR count). The lowest BCUT2D eigenvalue weighted by Crippen LogP contribution is -2.13. The molecule has 31 heavy (non-hydrogen) atoms. The number of aromatic nitrogens is 1. The van der Waals surface area contributed by atoms with Crippen LogP contribution < -0.4 is 10.6 Å². The number of esters is 1. The van der Waals surface area contributed by atoms with Crippen molar-refractivity contribution in [3.8, 4) is 17.2 Å². The van der Waals surface area contributed by atoms with Crippen molar-refractivity contribution in [1.82, 2.24) is 4.98 Å². The minimum absolute atomic E-state index is 0.220. The lowest BCUT2D eigenvalue weighted by atomic mass is 9.94. The predicted octanol–water partition coefficient (Wildman–Crippen LogP) is 4.31. The standard InChI is InChI=1S/C24H22N4O3/c1-16-5-3-6-19(24(30)31-2)22(16)18-10-8-17(9-11-18)15-27-23-20(7-4-14-26-23)28-21(29)12-13-25/h3-11,14H,12,15H2,1-2H3,(H,26,27)(H,28,29). The second-order valence-corrected chi connectivity index (χ2v) is 6.82. The van der Waals surface area contributed by atoms with Gasteiger partial charge in [0.15, 0.2) is 0 Å². The van der Waals surface area contributed by atoms with Crippen molar-refractivity contribution in [3.05, 3.63) is 77.5 Å². The zero-order valence-corrected chi connectivity index (χ0v) is 17.3. The van der Waals surface area contributed by atoms with Crippen LogP contribution in [0.25, 0.3) is 11.1 Å². The third-order valence-electron chi connectivity index (χ3n) is 4.70. The third kappa shape index (κ3) is 5.25. The number of pyridine rings is 1. The van der Waals surface area contributed by atoms with Crippen LogP contribution in [0, 0.1) is 18.3 Å². The number of nitrogens with one attached hydrogen (secondary N) is 2. The summed E-state index contributed by atoms with van der Waals surface area (Å²) in [6.45, 7) is 2.44. The molecule has 0 fully saturated rings. The molecule has 156 valence electrons. The summed E-state index contributed by atoms with van der Waals surface area (Å²) >= 11 is 0. The summed E-state index contributed by atoms with van der Waals surface area (Å²) in [5, 5.41) is 14.5. The van der Waals surface area contributed by atoms with Gasteiger partial charge in [-0.15, -0.1) is 0 Å². The molecule has 0 spiro atoms. The van der Waals surface area contributed by atoms with Gasteiger partial charge in [0, 0.05) is 12.7 Å². The number of carbonyl (C=O) groups is 2. The Morgan fingerprint density at radius 2 is 1.87 bits per heavy atom. The summed E-state index contributed by atoms with van der Waals surface area (Å²) in [5.41, 5.74) is 4.80. The summed E-state index contributed by atoms with van der Waals surface area (Å²) in [7, 11) is 1.37. The van der Waals surface area contributed by atoms with Crippen LogP contribution in [0.5, 0.6) is 0 Å². The first-order valence-corrected chi connectivity index (χ1v) is 9.66. The Labute approximate surface area is 180 Å². The van der Waals surface area contributed by atoms with Crippen molar-refractivity contribution in [3.63, 3.8) is 0 Å². The van der Waals surface area contributed by atoms with Gasteiger partial charge in [-0.05, 0) is 47.4 Å². The molecule has 7 nitrogen and oxygen atoms in total. The summed E-state index contributed by atoms with van der Waals surface area (Å²) < 4.78 is 4.91. The molecule has 7 heteroatoms. The van der Waals surface area contributed by atoms with E-state index in [9.17, 15) is 9.59 Å². The number of anilines is 2. The fraction of sp³-hybridized carbons (Fsp3) is 0.167. The van der Waals surface area contributed by atoms with E-state index in [2.05, 4.69) is 15.6 Å². The maximum atomic E-state index is 12.1.